The average molecular weight is 447 g/mol. The molecule has 0 spiro atoms. The summed E-state index contributed by atoms with van der Waals surface area (Å²) in [6.45, 7) is 4.39. The van der Waals surface area contributed by atoms with Crippen LogP contribution in [0.3, 0.4) is 0 Å². The maximum Gasteiger partial charge on any atom is 0.173 e. The third-order valence-corrected chi connectivity index (χ3v) is 6.76. The van der Waals surface area contributed by atoms with E-state index in [4.69, 9.17) is 4.74 Å². The van der Waals surface area contributed by atoms with Gasteiger partial charge in [0.15, 0.2) is 5.82 Å². The number of anilines is 1. The second-order valence-corrected chi connectivity index (χ2v) is 8.84. The molecule has 8 heteroatoms. The van der Waals surface area contributed by atoms with Gasteiger partial charge in [0.2, 0.25) is 0 Å². The van der Waals surface area contributed by atoms with Crippen LogP contribution in [0.15, 0.2) is 72.1 Å². The Morgan fingerprint density at radius 1 is 0.969 bits per heavy atom. The van der Waals surface area contributed by atoms with Gasteiger partial charge in [-0.1, -0.05) is 42.5 Å². The van der Waals surface area contributed by atoms with Crippen LogP contribution in [0.4, 0.5) is 5.69 Å². The van der Waals surface area contributed by atoms with Crippen molar-refractivity contribution in [1.29, 1.82) is 0 Å². The van der Waals surface area contributed by atoms with E-state index >= 15 is 0 Å². The number of ether oxygens (including phenoxy) is 1. The Hall–Kier alpha value is -3.23. The summed E-state index contributed by atoms with van der Waals surface area (Å²) < 4.78 is 7.35. The summed E-state index contributed by atoms with van der Waals surface area (Å²) in [6, 6.07) is 23.0. The Morgan fingerprint density at radius 3 is 2.56 bits per heavy atom. The Kier molecular flexibility index (Phi) is 6.13. The summed E-state index contributed by atoms with van der Waals surface area (Å²) in [6.07, 6.45) is 0. The van der Waals surface area contributed by atoms with Crippen LogP contribution in [0.25, 0.3) is 0 Å². The van der Waals surface area contributed by atoms with Crippen molar-refractivity contribution in [3.05, 3.63) is 88.4 Å². The molecule has 7 nitrogen and oxygen atoms in total. The van der Waals surface area contributed by atoms with Crippen molar-refractivity contribution in [1.82, 2.24) is 25.1 Å². The van der Waals surface area contributed by atoms with Gasteiger partial charge in [0.1, 0.15) is 5.75 Å². The fourth-order valence-corrected chi connectivity index (χ4v) is 4.96. The third-order valence-electron chi connectivity index (χ3n) is 5.90. The zero-order chi connectivity index (χ0) is 21.8. The van der Waals surface area contributed by atoms with Crippen LogP contribution in [0.1, 0.15) is 22.3 Å². The molecule has 1 atom stereocenters. The van der Waals surface area contributed by atoms with E-state index in [1.54, 1.807) is 18.4 Å². The van der Waals surface area contributed by atoms with E-state index < -0.39 is 0 Å². The SMILES string of the molecule is COc1cccc(N2CCN([C@@H](c3ccccc3)c3nnnn3Cc3cccs3)CC2)c1. The summed E-state index contributed by atoms with van der Waals surface area (Å²) in [5.74, 6) is 1.78. The molecule has 1 fully saturated rings. The number of piperazine rings is 1. The van der Waals surface area contributed by atoms with Gasteiger partial charge in [-0.05, 0) is 39.6 Å². The van der Waals surface area contributed by atoms with E-state index in [0.29, 0.717) is 6.54 Å². The van der Waals surface area contributed by atoms with Crippen molar-refractivity contribution < 1.29 is 4.74 Å². The first-order chi connectivity index (χ1) is 15.8. The van der Waals surface area contributed by atoms with Crippen molar-refractivity contribution >= 4 is 17.0 Å². The molecule has 0 unspecified atom stereocenters. The number of benzene rings is 2. The third kappa shape index (κ3) is 4.37. The molecule has 0 aliphatic carbocycles. The van der Waals surface area contributed by atoms with Gasteiger partial charge >= 0.3 is 0 Å². The normalized spacial score (nSPS) is 15.6. The predicted octanol–water partition coefficient (Wildman–Crippen LogP) is 3.70. The molecule has 3 heterocycles. The van der Waals surface area contributed by atoms with E-state index in [1.807, 2.05) is 16.8 Å². The number of methoxy groups -OCH3 is 1. The zero-order valence-corrected chi connectivity index (χ0v) is 18.9. The van der Waals surface area contributed by atoms with Crippen LogP contribution >= 0.6 is 11.3 Å². The van der Waals surface area contributed by atoms with Gasteiger partial charge in [-0.25, -0.2) is 4.68 Å². The predicted molar refractivity (Wildman–Crippen MR) is 126 cm³/mol. The highest BCUT2D eigenvalue weighted by Gasteiger charge is 2.30. The number of aromatic nitrogens is 4. The number of rotatable bonds is 7. The maximum absolute atomic E-state index is 5.41. The molecule has 4 aromatic rings. The van der Waals surface area contributed by atoms with Gasteiger partial charge < -0.3 is 9.64 Å². The number of nitrogens with zero attached hydrogens (tertiary/aromatic N) is 6. The maximum atomic E-state index is 5.41. The van der Waals surface area contributed by atoms with Gasteiger partial charge in [0, 0.05) is 42.8 Å². The molecule has 2 aromatic heterocycles. The molecule has 1 aliphatic heterocycles. The lowest BCUT2D eigenvalue weighted by Gasteiger charge is -2.40. The minimum Gasteiger partial charge on any atom is -0.497 e. The first-order valence-corrected chi connectivity index (χ1v) is 11.7. The Labute approximate surface area is 191 Å². The van der Waals surface area contributed by atoms with Crippen LogP contribution in [0.2, 0.25) is 0 Å². The average Bonchev–Trinajstić information content (AvgIpc) is 3.53. The Bertz CT molecular complexity index is 1120. The second kappa shape index (κ2) is 9.50. The molecule has 1 aliphatic rings. The molecule has 0 radical (unpaired) electrons. The van der Waals surface area contributed by atoms with E-state index in [2.05, 4.69) is 85.3 Å². The summed E-state index contributed by atoms with van der Waals surface area (Å²) in [5.41, 5.74) is 2.41. The monoisotopic (exact) mass is 446 g/mol. The number of tetrazole rings is 1. The molecule has 0 bridgehead atoms. The van der Waals surface area contributed by atoms with Gasteiger partial charge in [0.25, 0.3) is 0 Å². The van der Waals surface area contributed by atoms with Crippen molar-refractivity contribution in [2.24, 2.45) is 0 Å². The van der Waals surface area contributed by atoms with Crippen LogP contribution in [0, 0.1) is 0 Å². The number of hydrogen-bond acceptors (Lipinski definition) is 7. The minimum absolute atomic E-state index is 0.0126. The van der Waals surface area contributed by atoms with Gasteiger partial charge in [-0.3, -0.25) is 4.90 Å². The first kappa shape index (κ1) is 20.7. The van der Waals surface area contributed by atoms with Crippen LogP contribution in [-0.2, 0) is 6.54 Å². The van der Waals surface area contributed by atoms with E-state index in [9.17, 15) is 0 Å². The molecular weight excluding hydrogens is 420 g/mol. The summed E-state index contributed by atoms with van der Waals surface area (Å²) in [5, 5.41) is 14.9. The molecule has 0 saturated carbocycles. The summed E-state index contributed by atoms with van der Waals surface area (Å²) in [7, 11) is 1.71. The lowest BCUT2D eigenvalue weighted by molar-refractivity contribution is 0.201. The van der Waals surface area contributed by atoms with Crippen LogP contribution < -0.4 is 9.64 Å². The number of thiophene rings is 1. The largest absolute Gasteiger partial charge is 0.497 e. The van der Waals surface area contributed by atoms with E-state index in [0.717, 1.165) is 37.8 Å². The molecule has 0 amide bonds. The van der Waals surface area contributed by atoms with Crippen LogP contribution in [0.5, 0.6) is 5.75 Å². The lowest BCUT2D eigenvalue weighted by Crippen LogP contribution is -2.48. The summed E-state index contributed by atoms with van der Waals surface area (Å²) >= 11 is 1.73. The summed E-state index contributed by atoms with van der Waals surface area (Å²) in [4.78, 5) is 6.14. The molecule has 0 N–H and O–H groups in total. The smallest absolute Gasteiger partial charge is 0.173 e. The highest BCUT2D eigenvalue weighted by Crippen LogP contribution is 2.30. The van der Waals surface area contributed by atoms with Crippen molar-refractivity contribution in [2.45, 2.75) is 12.6 Å². The molecule has 2 aromatic carbocycles. The van der Waals surface area contributed by atoms with E-state index in [-0.39, 0.29) is 6.04 Å². The van der Waals surface area contributed by atoms with Crippen molar-refractivity contribution in [2.75, 3.05) is 38.2 Å². The molecule has 5 rings (SSSR count). The zero-order valence-electron chi connectivity index (χ0n) is 18.0. The molecule has 32 heavy (non-hydrogen) atoms. The molecule has 1 saturated heterocycles. The molecular formula is C24H26N6OS. The van der Waals surface area contributed by atoms with Crippen molar-refractivity contribution in [3.63, 3.8) is 0 Å². The van der Waals surface area contributed by atoms with Gasteiger partial charge in [-0.15, -0.1) is 16.4 Å². The number of hydrogen-bond donors (Lipinski definition) is 0. The molecule has 164 valence electrons. The highest BCUT2D eigenvalue weighted by atomic mass is 32.1. The fraction of sp³-hybridized carbons (Fsp3) is 0.292. The highest BCUT2D eigenvalue weighted by molar-refractivity contribution is 7.09. The first-order valence-electron chi connectivity index (χ1n) is 10.8. The van der Waals surface area contributed by atoms with Gasteiger partial charge in [0.05, 0.1) is 19.7 Å². The van der Waals surface area contributed by atoms with Crippen molar-refractivity contribution in [3.8, 4) is 5.75 Å². The minimum atomic E-state index is 0.0126. The van der Waals surface area contributed by atoms with Gasteiger partial charge in [-0.2, -0.15) is 0 Å². The van der Waals surface area contributed by atoms with Crippen LogP contribution in [-0.4, -0.2) is 58.4 Å². The fourth-order valence-electron chi connectivity index (χ4n) is 4.27. The topological polar surface area (TPSA) is 59.3 Å². The second-order valence-electron chi connectivity index (χ2n) is 7.81. The standard InChI is InChI=1S/C24H26N6OS/c1-31-21-10-5-9-20(17-21)28-12-14-29(15-13-28)23(19-7-3-2-4-8-19)24-25-26-27-30(24)18-22-11-6-16-32-22/h2-11,16-17,23H,12-15,18H2,1H3/t23-/m0/s1. The quantitative estimate of drug-likeness (QED) is 0.431. The van der Waals surface area contributed by atoms with E-state index in [1.165, 1.54) is 16.1 Å². The Morgan fingerprint density at radius 2 is 1.81 bits per heavy atom. The lowest BCUT2D eigenvalue weighted by atomic mass is 10.0. The Balaban J connectivity index is 1.39.